The Morgan fingerprint density at radius 2 is 2.06 bits per heavy atom. The second kappa shape index (κ2) is 10.8. The van der Waals surface area contributed by atoms with Gasteiger partial charge in [-0.25, -0.2) is 0 Å². The fourth-order valence-electron chi connectivity index (χ4n) is 2.61. The van der Waals surface area contributed by atoms with Crippen molar-refractivity contribution in [3.05, 3.63) is 0 Å². The van der Waals surface area contributed by atoms with Gasteiger partial charge in [-0.3, -0.25) is 0 Å². The monoisotopic (exact) mass is 257 g/mol. The van der Waals surface area contributed by atoms with E-state index >= 15 is 0 Å². The predicted octanol–water partition coefficient (Wildman–Crippen LogP) is 2.72. The number of nitrogens with one attached hydrogen (secondary N) is 1. The van der Waals surface area contributed by atoms with Crippen LogP contribution in [0, 0.1) is 5.92 Å². The second-order valence-corrected chi connectivity index (χ2v) is 5.58. The van der Waals surface area contributed by atoms with Crippen molar-refractivity contribution in [1.29, 1.82) is 0 Å². The lowest BCUT2D eigenvalue weighted by Gasteiger charge is -2.13. The van der Waals surface area contributed by atoms with Crippen LogP contribution < -0.4 is 5.32 Å². The van der Waals surface area contributed by atoms with E-state index in [1.165, 1.54) is 38.5 Å². The van der Waals surface area contributed by atoms with E-state index in [4.69, 9.17) is 4.74 Å². The zero-order valence-electron chi connectivity index (χ0n) is 12.0. The topological polar surface area (TPSA) is 41.5 Å². The molecule has 0 radical (unpaired) electrons. The third-order valence-electron chi connectivity index (χ3n) is 3.77. The molecule has 1 fully saturated rings. The van der Waals surface area contributed by atoms with Crippen molar-refractivity contribution in [1.82, 2.24) is 5.32 Å². The van der Waals surface area contributed by atoms with Crippen molar-refractivity contribution >= 4 is 0 Å². The number of aliphatic hydroxyl groups is 1. The Labute approximate surface area is 112 Å². The molecule has 2 N–H and O–H groups in total. The molecule has 0 aromatic carbocycles. The molecule has 0 saturated heterocycles. The minimum absolute atomic E-state index is 0.353. The predicted molar refractivity (Wildman–Crippen MR) is 75.8 cm³/mol. The Hall–Kier alpha value is -0.120. The third-order valence-corrected chi connectivity index (χ3v) is 3.77. The van der Waals surface area contributed by atoms with Gasteiger partial charge in [-0.05, 0) is 31.7 Å². The summed E-state index contributed by atoms with van der Waals surface area (Å²) in [6.45, 7) is 5.08. The number of unbranched alkanes of at least 4 members (excludes halogenated alkanes) is 1. The highest BCUT2D eigenvalue weighted by Crippen LogP contribution is 2.28. The van der Waals surface area contributed by atoms with Crippen molar-refractivity contribution in [3.63, 3.8) is 0 Å². The molecule has 0 aliphatic heterocycles. The standard InChI is InChI=1S/C15H31NO2/c1-2-3-11-18-13-15(17)12-16-10-6-9-14-7-4-5-8-14/h14-17H,2-13H2,1H3. The molecule has 3 heteroatoms. The van der Waals surface area contributed by atoms with Crippen molar-refractivity contribution in [2.45, 2.75) is 64.4 Å². The van der Waals surface area contributed by atoms with Gasteiger partial charge in [0.25, 0.3) is 0 Å². The summed E-state index contributed by atoms with van der Waals surface area (Å²) < 4.78 is 5.38. The van der Waals surface area contributed by atoms with Crippen LogP contribution in [0.2, 0.25) is 0 Å². The highest BCUT2D eigenvalue weighted by molar-refractivity contribution is 4.68. The van der Waals surface area contributed by atoms with Crippen LogP contribution in [-0.4, -0.2) is 37.5 Å². The van der Waals surface area contributed by atoms with Crippen molar-refractivity contribution < 1.29 is 9.84 Å². The quantitative estimate of drug-likeness (QED) is 0.559. The van der Waals surface area contributed by atoms with Crippen LogP contribution in [0.5, 0.6) is 0 Å². The fourth-order valence-corrected chi connectivity index (χ4v) is 2.61. The summed E-state index contributed by atoms with van der Waals surface area (Å²) in [7, 11) is 0. The Morgan fingerprint density at radius 1 is 1.28 bits per heavy atom. The van der Waals surface area contributed by atoms with Gasteiger partial charge in [0.1, 0.15) is 0 Å². The van der Waals surface area contributed by atoms with Gasteiger partial charge in [-0.2, -0.15) is 0 Å². The first-order valence-corrected chi connectivity index (χ1v) is 7.79. The van der Waals surface area contributed by atoms with Gasteiger partial charge in [0.2, 0.25) is 0 Å². The molecule has 1 aliphatic carbocycles. The van der Waals surface area contributed by atoms with Crippen molar-refractivity contribution in [2.24, 2.45) is 5.92 Å². The van der Waals surface area contributed by atoms with E-state index in [1.807, 2.05) is 0 Å². The van der Waals surface area contributed by atoms with E-state index in [9.17, 15) is 5.11 Å². The van der Waals surface area contributed by atoms with Gasteiger partial charge in [0, 0.05) is 13.2 Å². The molecule has 1 rings (SSSR count). The van der Waals surface area contributed by atoms with Crippen molar-refractivity contribution in [2.75, 3.05) is 26.3 Å². The third kappa shape index (κ3) is 8.06. The van der Waals surface area contributed by atoms with Gasteiger partial charge < -0.3 is 15.2 Å². The van der Waals surface area contributed by atoms with Crippen LogP contribution in [0.25, 0.3) is 0 Å². The average Bonchev–Trinajstić information content (AvgIpc) is 2.87. The maximum absolute atomic E-state index is 9.67. The largest absolute Gasteiger partial charge is 0.389 e. The van der Waals surface area contributed by atoms with Crippen LogP contribution >= 0.6 is 0 Å². The summed E-state index contributed by atoms with van der Waals surface area (Å²) in [6.07, 6.45) is 10.2. The zero-order valence-corrected chi connectivity index (χ0v) is 12.0. The van der Waals surface area contributed by atoms with Gasteiger partial charge in [0.05, 0.1) is 12.7 Å². The molecule has 0 amide bonds. The first kappa shape index (κ1) is 15.9. The molecule has 1 unspecified atom stereocenters. The Morgan fingerprint density at radius 3 is 2.78 bits per heavy atom. The lowest BCUT2D eigenvalue weighted by Crippen LogP contribution is -2.31. The molecule has 18 heavy (non-hydrogen) atoms. The van der Waals surface area contributed by atoms with Gasteiger partial charge >= 0.3 is 0 Å². The van der Waals surface area contributed by atoms with Crippen LogP contribution in [0.3, 0.4) is 0 Å². The summed E-state index contributed by atoms with van der Waals surface area (Å²) in [5, 5.41) is 13.0. The first-order chi connectivity index (χ1) is 8.83. The first-order valence-electron chi connectivity index (χ1n) is 7.79. The van der Waals surface area contributed by atoms with Crippen molar-refractivity contribution in [3.8, 4) is 0 Å². The fraction of sp³-hybridized carbons (Fsp3) is 1.00. The Balaban J connectivity index is 1.81. The SMILES string of the molecule is CCCCOCC(O)CNCCCC1CCCC1. The van der Waals surface area contributed by atoms with E-state index in [1.54, 1.807) is 0 Å². The molecule has 0 spiro atoms. The highest BCUT2D eigenvalue weighted by atomic mass is 16.5. The van der Waals surface area contributed by atoms with E-state index in [0.29, 0.717) is 13.2 Å². The minimum atomic E-state index is -0.353. The summed E-state index contributed by atoms with van der Waals surface area (Å²) in [4.78, 5) is 0. The molecular weight excluding hydrogens is 226 g/mol. The summed E-state index contributed by atoms with van der Waals surface area (Å²) in [6, 6.07) is 0. The molecule has 3 nitrogen and oxygen atoms in total. The normalized spacial score (nSPS) is 18.3. The molecule has 1 saturated carbocycles. The van der Waals surface area contributed by atoms with Crippen LogP contribution in [-0.2, 0) is 4.74 Å². The lowest BCUT2D eigenvalue weighted by molar-refractivity contribution is 0.0359. The molecule has 0 heterocycles. The molecule has 1 atom stereocenters. The number of aliphatic hydroxyl groups excluding tert-OH is 1. The molecule has 1 aliphatic rings. The molecule has 0 aromatic heterocycles. The van der Waals surface area contributed by atoms with E-state index in [2.05, 4.69) is 12.2 Å². The average molecular weight is 257 g/mol. The highest BCUT2D eigenvalue weighted by Gasteiger charge is 2.13. The maximum atomic E-state index is 9.67. The number of hydrogen-bond acceptors (Lipinski definition) is 3. The molecule has 0 aromatic rings. The second-order valence-electron chi connectivity index (χ2n) is 5.58. The number of ether oxygens (including phenoxy) is 1. The summed E-state index contributed by atoms with van der Waals surface area (Å²) in [5.74, 6) is 0.981. The van der Waals surface area contributed by atoms with E-state index < -0.39 is 0 Å². The summed E-state index contributed by atoms with van der Waals surface area (Å²) in [5.41, 5.74) is 0. The van der Waals surface area contributed by atoms with E-state index in [0.717, 1.165) is 31.9 Å². The summed E-state index contributed by atoms with van der Waals surface area (Å²) >= 11 is 0. The van der Waals surface area contributed by atoms with Crippen LogP contribution in [0.1, 0.15) is 58.3 Å². The number of hydrogen-bond donors (Lipinski definition) is 2. The minimum Gasteiger partial charge on any atom is -0.389 e. The smallest absolute Gasteiger partial charge is 0.0897 e. The lowest BCUT2D eigenvalue weighted by atomic mass is 10.0. The van der Waals surface area contributed by atoms with Gasteiger partial charge in [-0.1, -0.05) is 39.0 Å². The van der Waals surface area contributed by atoms with Gasteiger partial charge in [0.15, 0.2) is 0 Å². The van der Waals surface area contributed by atoms with Gasteiger partial charge in [-0.15, -0.1) is 0 Å². The zero-order chi connectivity index (χ0) is 13.1. The number of rotatable bonds is 11. The van der Waals surface area contributed by atoms with E-state index in [-0.39, 0.29) is 6.10 Å². The maximum Gasteiger partial charge on any atom is 0.0897 e. The Kier molecular flexibility index (Phi) is 9.54. The van der Waals surface area contributed by atoms with Crippen LogP contribution in [0.15, 0.2) is 0 Å². The molecular formula is C15H31NO2. The Bertz CT molecular complexity index is 181. The molecule has 108 valence electrons. The molecule has 0 bridgehead atoms. The van der Waals surface area contributed by atoms with Crippen LogP contribution in [0.4, 0.5) is 0 Å².